The van der Waals surface area contributed by atoms with Crippen LogP contribution in [0.1, 0.15) is 23.7 Å². The van der Waals surface area contributed by atoms with E-state index in [1.807, 2.05) is 17.8 Å². The number of hydrogen-bond acceptors (Lipinski definition) is 3. The van der Waals surface area contributed by atoms with Gasteiger partial charge < -0.3 is 9.73 Å². The quantitative estimate of drug-likeness (QED) is 0.834. The number of hydrogen-bond donors (Lipinski definition) is 1. The van der Waals surface area contributed by atoms with Crippen LogP contribution in [0, 0.1) is 0 Å². The molecule has 0 saturated carbocycles. The first kappa shape index (κ1) is 11.0. The number of nitrogens with zero attached hydrogens (tertiary/aromatic N) is 2. The highest BCUT2D eigenvalue weighted by atomic mass is 16.3. The Hall–Kier alpha value is -1.55. The zero-order valence-corrected chi connectivity index (χ0v) is 9.73. The third-order valence-electron chi connectivity index (χ3n) is 2.55. The van der Waals surface area contributed by atoms with E-state index in [0.717, 1.165) is 19.5 Å². The van der Waals surface area contributed by atoms with E-state index in [1.54, 1.807) is 12.5 Å². The van der Waals surface area contributed by atoms with E-state index in [4.69, 9.17) is 4.42 Å². The van der Waals surface area contributed by atoms with Crippen LogP contribution in [0.15, 0.2) is 29.2 Å². The molecule has 0 aliphatic carbocycles. The molecule has 0 amide bonds. The van der Waals surface area contributed by atoms with Gasteiger partial charge in [-0.05, 0) is 12.5 Å². The van der Waals surface area contributed by atoms with Gasteiger partial charge in [0.2, 0.25) is 0 Å². The molecule has 0 atom stereocenters. The van der Waals surface area contributed by atoms with E-state index in [-0.39, 0.29) is 0 Å². The molecule has 2 rings (SSSR count). The van der Waals surface area contributed by atoms with Crippen molar-refractivity contribution in [3.05, 3.63) is 41.6 Å². The summed E-state index contributed by atoms with van der Waals surface area (Å²) >= 11 is 0. The molecule has 1 N–H and O–H groups in total. The van der Waals surface area contributed by atoms with Crippen LogP contribution in [0.5, 0.6) is 0 Å². The molecule has 0 saturated heterocycles. The molecule has 0 spiro atoms. The molecule has 4 heteroatoms. The van der Waals surface area contributed by atoms with Gasteiger partial charge in [0.05, 0.1) is 18.2 Å². The van der Waals surface area contributed by atoms with Crippen molar-refractivity contribution in [2.75, 3.05) is 0 Å². The van der Waals surface area contributed by atoms with Gasteiger partial charge in [-0.1, -0.05) is 6.92 Å². The first-order chi connectivity index (χ1) is 7.79. The summed E-state index contributed by atoms with van der Waals surface area (Å²) in [4.78, 5) is 0. The Morgan fingerprint density at radius 1 is 1.44 bits per heavy atom. The van der Waals surface area contributed by atoms with Crippen molar-refractivity contribution in [2.45, 2.75) is 26.4 Å². The van der Waals surface area contributed by atoms with Crippen molar-refractivity contribution in [2.24, 2.45) is 7.05 Å². The standard InChI is InChI=1S/C12H17N3O/c1-3-12-11(8-15(2)14-12)7-13-6-10-4-5-16-9-10/h4-5,8-9,13H,3,6-7H2,1-2H3. The molecule has 0 fully saturated rings. The normalized spacial score (nSPS) is 10.9. The van der Waals surface area contributed by atoms with Crippen molar-refractivity contribution in [1.82, 2.24) is 15.1 Å². The molecule has 4 nitrogen and oxygen atoms in total. The number of aryl methyl sites for hydroxylation is 2. The molecule has 0 aliphatic heterocycles. The molecule has 0 aromatic carbocycles. The fourth-order valence-corrected chi connectivity index (χ4v) is 1.76. The minimum absolute atomic E-state index is 0.828. The summed E-state index contributed by atoms with van der Waals surface area (Å²) in [5, 5.41) is 7.78. The Labute approximate surface area is 95.3 Å². The largest absolute Gasteiger partial charge is 0.472 e. The van der Waals surface area contributed by atoms with E-state index in [9.17, 15) is 0 Å². The van der Waals surface area contributed by atoms with Gasteiger partial charge in [0.25, 0.3) is 0 Å². The monoisotopic (exact) mass is 219 g/mol. The maximum Gasteiger partial charge on any atom is 0.0947 e. The maximum atomic E-state index is 5.01. The van der Waals surface area contributed by atoms with Crippen LogP contribution in [0.25, 0.3) is 0 Å². The van der Waals surface area contributed by atoms with E-state index < -0.39 is 0 Å². The van der Waals surface area contributed by atoms with Crippen molar-refractivity contribution in [3.63, 3.8) is 0 Å². The third-order valence-corrected chi connectivity index (χ3v) is 2.55. The summed E-state index contributed by atoms with van der Waals surface area (Å²) < 4.78 is 6.88. The summed E-state index contributed by atoms with van der Waals surface area (Å²) in [5.74, 6) is 0. The molecule has 86 valence electrons. The number of rotatable bonds is 5. The SMILES string of the molecule is CCc1nn(C)cc1CNCc1ccoc1. The fraction of sp³-hybridized carbons (Fsp3) is 0.417. The minimum atomic E-state index is 0.828. The highest BCUT2D eigenvalue weighted by molar-refractivity contribution is 5.17. The summed E-state index contributed by atoms with van der Waals surface area (Å²) in [6, 6.07) is 1.97. The lowest BCUT2D eigenvalue weighted by atomic mass is 10.2. The van der Waals surface area contributed by atoms with Crippen molar-refractivity contribution in [3.8, 4) is 0 Å². The molecule has 2 heterocycles. The summed E-state index contributed by atoms with van der Waals surface area (Å²) in [6.07, 6.45) is 6.50. The topological polar surface area (TPSA) is 43.0 Å². The van der Waals surface area contributed by atoms with Gasteiger partial charge >= 0.3 is 0 Å². The predicted molar refractivity (Wildman–Crippen MR) is 61.8 cm³/mol. The van der Waals surface area contributed by atoms with Crippen LogP contribution < -0.4 is 5.32 Å². The molecule has 0 radical (unpaired) electrons. The van der Waals surface area contributed by atoms with Gasteiger partial charge in [0, 0.05) is 37.5 Å². The van der Waals surface area contributed by atoms with Crippen LogP contribution in [-0.4, -0.2) is 9.78 Å². The smallest absolute Gasteiger partial charge is 0.0947 e. The maximum absolute atomic E-state index is 5.01. The zero-order valence-electron chi connectivity index (χ0n) is 9.73. The predicted octanol–water partition coefficient (Wildman–Crippen LogP) is 1.87. The van der Waals surface area contributed by atoms with Crippen LogP contribution in [0.2, 0.25) is 0 Å². The van der Waals surface area contributed by atoms with Crippen LogP contribution in [0.3, 0.4) is 0 Å². The lowest BCUT2D eigenvalue weighted by Gasteiger charge is -2.02. The van der Waals surface area contributed by atoms with Gasteiger partial charge in [-0.15, -0.1) is 0 Å². The van der Waals surface area contributed by atoms with E-state index in [0.29, 0.717) is 0 Å². The second kappa shape index (κ2) is 4.99. The number of aromatic nitrogens is 2. The van der Waals surface area contributed by atoms with Gasteiger partial charge in [0.15, 0.2) is 0 Å². The van der Waals surface area contributed by atoms with E-state index >= 15 is 0 Å². The molecule has 2 aromatic rings. The Bertz CT molecular complexity index is 431. The average molecular weight is 219 g/mol. The van der Waals surface area contributed by atoms with Crippen LogP contribution in [-0.2, 0) is 26.6 Å². The van der Waals surface area contributed by atoms with E-state index in [2.05, 4.69) is 23.5 Å². The second-order valence-corrected chi connectivity index (χ2v) is 3.86. The fourth-order valence-electron chi connectivity index (χ4n) is 1.76. The zero-order chi connectivity index (χ0) is 11.4. The Morgan fingerprint density at radius 2 is 2.31 bits per heavy atom. The average Bonchev–Trinajstić information content (AvgIpc) is 2.88. The van der Waals surface area contributed by atoms with Gasteiger partial charge in [-0.25, -0.2) is 0 Å². The highest BCUT2D eigenvalue weighted by Gasteiger charge is 2.04. The van der Waals surface area contributed by atoms with Crippen molar-refractivity contribution >= 4 is 0 Å². The first-order valence-corrected chi connectivity index (χ1v) is 5.52. The lowest BCUT2D eigenvalue weighted by Crippen LogP contribution is -2.12. The van der Waals surface area contributed by atoms with Crippen LogP contribution in [0.4, 0.5) is 0 Å². The minimum Gasteiger partial charge on any atom is -0.472 e. The van der Waals surface area contributed by atoms with Crippen LogP contribution >= 0.6 is 0 Å². The molecular weight excluding hydrogens is 202 g/mol. The first-order valence-electron chi connectivity index (χ1n) is 5.52. The number of nitrogens with one attached hydrogen (secondary N) is 1. The molecule has 0 bridgehead atoms. The Kier molecular flexibility index (Phi) is 3.41. The summed E-state index contributed by atoms with van der Waals surface area (Å²) in [6.45, 7) is 3.80. The summed E-state index contributed by atoms with van der Waals surface area (Å²) in [7, 11) is 1.96. The molecule has 0 unspecified atom stereocenters. The van der Waals surface area contributed by atoms with Gasteiger partial charge in [0.1, 0.15) is 0 Å². The highest BCUT2D eigenvalue weighted by Crippen LogP contribution is 2.07. The molecule has 2 aromatic heterocycles. The Balaban J connectivity index is 1.89. The van der Waals surface area contributed by atoms with Crippen molar-refractivity contribution in [1.29, 1.82) is 0 Å². The Morgan fingerprint density at radius 3 is 3.00 bits per heavy atom. The molecule has 16 heavy (non-hydrogen) atoms. The van der Waals surface area contributed by atoms with Gasteiger partial charge in [-0.3, -0.25) is 4.68 Å². The van der Waals surface area contributed by atoms with E-state index in [1.165, 1.54) is 16.8 Å². The van der Waals surface area contributed by atoms with Gasteiger partial charge in [-0.2, -0.15) is 5.10 Å². The molecular formula is C12H17N3O. The summed E-state index contributed by atoms with van der Waals surface area (Å²) in [5.41, 5.74) is 3.61. The second-order valence-electron chi connectivity index (χ2n) is 3.86. The van der Waals surface area contributed by atoms with Crippen molar-refractivity contribution < 1.29 is 4.42 Å². The third kappa shape index (κ3) is 2.52. The number of furan rings is 1. The molecule has 0 aliphatic rings. The lowest BCUT2D eigenvalue weighted by molar-refractivity contribution is 0.560.